The number of rotatable bonds is 0. The largest absolute Gasteiger partial charge is 0.0584 e. The minimum Gasteiger partial charge on any atom is -0.0584 e. The summed E-state index contributed by atoms with van der Waals surface area (Å²) >= 11 is 0. The van der Waals surface area contributed by atoms with Crippen LogP contribution in [0.15, 0.2) is 121 Å². The zero-order chi connectivity index (χ0) is 23.5. The Labute approximate surface area is 208 Å². The quantitative estimate of drug-likeness (QED) is 0.220. The van der Waals surface area contributed by atoms with Crippen molar-refractivity contribution < 1.29 is 0 Å². The van der Waals surface area contributed by atoms with Gasteiger partial charge in [0.15, 0.2) is 0 Å². The molecule has 10 aliphatic carbocycles. The molecule has 0 spiro atoms. The van der Waals surface area contributed by atoms with E-state index >= 15 is 0 Å². The van der Waals surface area contributed by atoms with E-state index in [4.69, 9.17) is 0 Å². The van der Waals surface area contributed by atoms with Gasteiger partial charge in [0.1, 0.15) is 0 Å². The van der Waals surface area contributed by atoms with E-state index in [2.05, 4.69) is 121 Å². The van der Waals surface area contributed by atoms with Gasteiger partial charge in [0, 0.05) is 0 Å². The van der Waals surface area contributed by atoms with Gasteiger partial charge >= 0.3 is 0 Å². The predicted octanol–water partition coefficient (Wildman–Crippen LogP) is 7.95. The van der Waals surface area contributed by atoms with Crippen molar-refractivity contribution in [3.63, 3.8) is 0 Å². The van der Waals surface area contributed by atoms with E-state index in [-0.39, 0.29) is 0 Å². The molecule has 10 aliphatic rings. The van der Waals surface area contributed by atoms with E-state index in [1.165, 1.54) is 55.6 Å². The first-order valence-electron chi connectivity index (χ1n) is 12.6. The lowest BCUT2D eigenvalue weighted by Crippen LogP contribution is -1.93. The molecule has 0 unspecified atom stereocenters. The van der Waals surface area contributed by atoms with Gasteiger partial charge in [0.25, 0.3) is 0 Å². The zero-order valence-corrected chi connectivity index (χ0v) is 20.1. The van der Waals surface area contributed by atoms with E-state index in [0.29, 0.717) is 0 Å². The first kappa shape index (κ1) is 21.6. The molecule has 0 nitrogen and oxygen atoms in total. The van der Waals surface area contributed by atoms with Crippen LogP contribution in [-0.2, 0) is 32.1 Å². The fourth-order valence-electron chi connectivity index (χ4n) is 5.05. The summed E-state index contributed by atoms with van der Waals surface area (Å²) < 4.78 is 0. The van der Waals surface area contributed by atoms with Crippen molar-refractivity contribution in [2.24, 2.45) is 0 Å². The van der Waals surface area contributed by atoms with Gasteiger partial charge in [0.05, 0.1) is 0 Å². The molecule has 0 atom stereocenters. The van der Waals surface area contributed by atoms with Crippen LogP contribution in [0.5, 0.6) is 0 Å². The van der Waals surface area contributed by atoms with Crippen LogP contribution in [0.2, 0.25) is 0 Å². The summed E-state index contributed by atoms with van der Waals surface area (Å²) in [5, 5.41) is 0. The van der Waals surface area contributed by atoms with Crippen LogP contribution >= 0.6 is 0 Å². The van der Waals surface area contributed by atoms with Gasteiger partial charge in [-0.1, -0.05) is 121 Å². The van der Waals surface area contributed by atoms with E-state index in [1.807, 2.05) is 0 Å². The molecule has 0 amide bonds. The monoisotopic (exact) mass is 450 g/mol. The van der Waals surface area contributed by atoms with Crippen LogP contribution in [0.25, 0.3) is 0 Å². The Morgan fingerprint density at radius 2 is 0.257 bits per heavy atom. The van der Waals surface area contributed by atoms with Gasteiger partial charge in [0.2, 0.25) is 0 Å². The molecule has 0 heteroatoms. The first-order chi connectivity index (χ1) is 17.2. The van der Waals surface area contributed by atoms with Crippen LogP contribution in [0.1, 0.15) is 55.6 Å². The molecule has 0 aliphatic heterocycles. The van der Waals surface area contributed by atoms with Crippen molar-refractivity contribution in [2.45, 2.75) is 32.1 Å². The summed E-state index contributed by atoms with van der Waals surface area (Å²) in [5.41, 5.74) is 13.6. The molecule has 0 heterocycles. The smallest absolute Gasteiger partial charge is 0.00258 e. The highest BCUT2D eigenvalue weighted by Gasteiger charge is 2.04. The summed E-state index contributed by atoms with van der Waals surface area (Å²) in [6.07, 6.45) is 4.88. The van der Waals surface area contributed by atoms with Gasteiger partial charge in [-0.05, 0) is 87.7 Å². The maximum atomic E-state index is 2.28. The van der Waals surface area contributed by atoms with Crippen molar-refractivity contribution in [1.29, 1.82) is 0 Å². The van der Waals surface area contributed by atoms with Crippen molar-refractivity contribution in [1.82, 2.24) is 0 Å². The average molecular weight is 451 g/mol. The van der Waals surface area contributed by atoms with Crippen LogP contribution in [0.3, 0.4) is 0 Å². The van der Waals surface area contributed by atoms with Gasteiger partial charge < -0.3 is 0 Å². The highest BCUT2D eigenvalue weighted by molar-refractivity contribution is 5.37. The predicted molar refractivity (Wildman–Crippen MR) is 146 cm³/mol. The first-order valence-corrected chi connectivity index (χ1v) is 12.6. The standard InChI is InChI=1S/C35H30/c1-2-27-4-3-26(1)21-28-5-7-30(8-6-28)23-32-13-15-34(16-14-32)25-35-19-17-33(18-20-35)24-31-11-9-29(22-27)10-12-31/h1-20H,21-25H2. The molecule has 0 aromatic heterocycles. The Kier molecular flexibility index (Phi) is 6.03. The third-order valence-corrected chi connectivity index (χ3v) is 7.16. The lowest BCUT2D eigenvalue weighted by Gasteiger charge is -2.08. The molecule has 5 aromatic carbocycles. The van der Waals surface area contributed by atoms with E-state index in [9.17, 15) is 0 Å². The van der Waals surface area contributed by atoms with Crippen LogP contribution in [-0.4, -0.2) is 0 Å². The van der Waals surface area contributed by atoms with Gasteiger partial charge in [-0.3, -0.25) is 0 Å². The highest BCUT2D eigenvalue weighted by Crippen LogP contribution is 2.19. The van der Waals surface area contributed by atoms with Crippen molar-refractivity contribution in [3.05, 3.63) is 177 Å². The fourth-order valence-corrected chi connectivity index (χ4v) is 5.05. The van der Waals surface area contributed by atoms with E-state index in [1.54, 1.807) is 0 Å². The lowest BCUT2D eigenvalue weighted by atomic mass is 9.98. The zero-order valence-electron chi connectivity index (χ0n) is 20.1. The molecular weight excluding hydrogens is 420 g/mol. The molecule has 0 saturated carbocycles. The number of hydrogen-bond acceptors (Lipinski definition) is 0. The minimum atomic E-state index is 0.976. The Morgan fingerprint density at radius 1 is 0.171 bits per heavy atom. The number of benzene rings is 5. The fraction of sp³-hybridized carbons (Fsp3) is 0.143. The Morgan fingerprint density at radius 3 is 0.343 bits per heavy atom. The Hall–Kier alpha value is -3.90. The summed E-state index contributed by atoms with van der Waals surface area (Å²) in [7, 11) is 0. The molecule has 15 rings (SSSR count). The van der Waals surface area contributed by atoms with Crippen molar-refractivity contribution >= 4 is 0 Å². The molecular formula is C35H30. The molecule has 170 valence electrons. The minimum absolute atomic E-state index is 0.976. The van der Waals surface area contributed by atoms with Crippen molar-refractivity contribution in [3.8, 4) is 0 Å². The molecule has 10 bridgehead atoms. The molecule has 0 radical (unpaired) electrons. The molecule has 0 saturated heterocycles. The molecule has 0 fully saturated rings. The summed E-state index contributed by atoms with van der Waals surface area (Å²) in [6.45, 7) is 0. The van der Waals surface area contributed by atoms with Crippen LogP contribution < -0.4 is 0 Å². The topological polar surface area (TPSA) is 0 Å². The van der Waals surface area contributed by atoms with Gasteiger partial charge in [-0.2, -0.15) is 0 Å². The lowest BCUT2D eigenvalue weighted by molar-refractivity contribution is 1.13. The van der Waals surface area contributed by atoms with Crippen LogP contribution in [0.4, 0.5) is 0 Å². The third kappa shape index (κ3) is 5.44. The van der Waals surface area contributed by atoms with Crippen LogP contribution in [0, 0.1) is 0 Å². The summed E-state index contributed by atoms with van der Waals surface area (Å²) in [5.74, 6) is 0. The molecule has 5 aromatic rings. The number of hydrogen-bond donors (Lipinski definition) is 0. The molecule has 35 heavy (non-hydrogen) atoms. The second kappa shape index (κ2) is 9.76. The van der Waals surface area contributed by atoms with Gasteiger partial charge in [-0.15, -0.1) is 0 Å². The van der Waals surface area contributed by atoms with E-state index < -0.39 is 0 Å². The summed E-state index contributed by atoms with van der Waals surface area (Å²) in [6, 6.07) is 45.6. The third-order valence-electron chi connectivity index (χ3n) is 7.16. The second-order valence-electron chi connectivity index (χ2n) is 9.97. The van der Waals surface area contributed by atoms with E-state index in [0.717, 1.165) is 32.1 Å². The molecule has 0 N–H and O–H groups in total. The van der Waals surface area contributed by atoms with Gasteiger partial charge in [-0.25, -0.2) is 0 Å². The second-order valence-corrected chi connectivity index (χ2v) is 9.97. The average Bonchev–Trinajstić information content (AvgIpc) is 2.89. The SMILES string of the molecule is c1cc2ccc1Cc1ccc(cc1)Cc1ccc(cc1)Cc1ccc(cc1)Cc1ccc(cc1)C2. The normalized spacial score (nSPS) is 13.1. The summed E-state index contributed by atoms with van der Waals surface area (Å²) in [4.78, 5) is 0. The Balaban J connectivity index is 1.30. The maximum Gasteiger partial charge on any atom is -0.00258 e. The maximum absolute atomic E-state index is 2.28. The van der Waals surface area contributed by atoms with Crippen molar-refractivity contribution in [2.75, 3.05) is 0 Å². The Bertz CT molecular complexity index is 1020. The highest BCUT2D eigenvalue weighted by atomic mass is 14.1.